The van der Waals surface area contributed by atoms with E-state index in [0.29, 0.717) is 12.5 Å². The minimum atomic E-state index is -0.0875. The van der Waals surface area contributed by atoms with E-state index in [1.807, 2.05) is 6.92 Å². The molecule has 0 heterocycles. The van der Waals surface area contributed by atoms with Gasteiger partial charge in [-0.2, -0.15) is 0 Å². The molecule has 0 saturated heterocycles. The van der Waals surface area contributed by atoms with Crippen LogP contribution in [0.5, 0.6) is 0 Å². The Bertz CT molecular complexity index is 156. The summed E-state index contributed by atoms with van der Waals surface area (Å²) < 4.78 is 5.19. The zero-order valence-corrected chi connectivity index (χ0v) is 8.81. The summed E-state index contributed by atoms with van der Waals surface area (Å²) in [5.74, 6) is -0.0875. The molecule has 0 aromatic heterocycles. The molecule has 0 bridgehead atoms. The van der Waals surface area contributed by atoms with Crippen molar-refractivity contribution in [2.24, 2.45) is 5.73 Å². The number of nitrogens with two attached hydrogens (primary N) is 1. The largest absolute Gasteiger partial charge is 0.462 e. The molecule has 0 amide bonds. The van der Waals surface area contributed by atoms with Crippen molar-refractivity contribution in [1.29, 1.82) is 0 Å². The maximum Gasteiger partial charge on any atom is 0.305 e. The van der Waals surface area contributed by atoms with Gasteiger partial charge in [-0.05, 0) is 25.7 Å². The van der Waals surface area contributed by atoms with Gasteiger partial charge >= 0.3 is 5.97 Å². The fourth-order valence-corrected chi connectivity index (χ4v) is 1.48. The van der Waals surface area contributed by atoms with Gasteiger partial charge in [0.1, 0.15) is 6.10 Å². The van der Waals surface area contributed by atoms with Crippen LogP contribution in [-0.2, 0) is 9.53 Å². The van der Waals surface area contributed by atoms with Crippen molar-refractivity contribution in [2.75, 3.05) is 0 Å². The second kappa shape index (κ2) is 6.22. The van der Waals surface area contributed by atoms with E-state index in [2.05, 4.69) is 0 Å². The van der Waals surface area contributed by atoms with Crippen LogP contribution < -0.4 is 5.73 Å². The van der Waals surface area contributed by atoms with Gasteiger partial charge in [0, 0.05) is 12.5 Å². The van der Waals surface area contributed by atoms with Crippen LogP contribution in [0.3, 0.4) is 0 Å². The Hall–Kier alpha value is -0.280. The third-order valence-electron chi connectivity index (χ3n) is 2.31. The molecule has 1 aliphatic rings. The number of hydrogen-bond donors (Lipinski definition) is 1. The van der Waals surface area contributed by atoms with E-state index in [-0.39, 0.29) is 24.5 Å². The lowest BCUT2D eigenvalue weighted by Gasteiger charge is -2.25. The van der Waals surface area contributed by atoms with Crippen LogP contribution in [0.1, 0.15) is 39.0 Å². The quantitative estimate of drug-likeness (QED) is 0.701. The average molecular weight is 208 g/mol. The summed E-state index contributed by atoms with van der Waals surface area (Å²) in [6.07, 6.45) is 4.46. The molecule has 1 fully saturated rings. The van der Waals surface area contributed by atoms with Crippen LogP contribution in [0.15, 0.2) is 0 Å². The summed E-state index contributed by atoms with van der Waals surface area (Å²) in [6.45, 7) is 1.82. The van der Waals surface area contributed by atoms with Crippen LogP contribution in [0, 0.1) is 0 Å². The maximum absolute atomic E-state index is 10.9. The van der Waals surface area contributed by atoms with Gasteiger partial charge in [0.05, 0.1) is 0 Å². The number of hydrogen-bond acceptors (Lipinski definition) is 3. The number of carbonyl (C=O) groups is 1. The molecule has 3 nitrogen and oxygen atoms in total. The molecule has 0 aliphatic heterocycles. The van der Waals surface area contributed by atoms with Crippen molar-refractivity contribution in [3.8, 4) is 0 Å². The number of halogens is 1. The maximum atomic E-state index is 10.9. The molecule has 0 radical (unpaired) electrons. The van der Waals surface area contributed by atoms with E-state index in [0.717, 1.165) is 25.7 Å². The van der Waals surface area contributed by atoms with Gasteiger partial charge in [-0.15, -0.1) is 12.4 Å². The third kappa shape index (κ3) is 4.48. The van der Waals surface area contributed by atoms with Crippen LogP contribution in [0.4, 0.5) is 0 Å². The summed E-state index contributed by atoms with van der Waals surface area (Å²) in [5, 5.41) is 0. The van der Waals surface area contributed by atoms with E-state index in [1.54, 1.807) is 0 Å². The van der Waals surface area contributed by atoms with Crippen molar-refractivity contribution in [3.05, 3.63) is 0 Å². The molecule has 0 atom stereocenters. The summed E-state index contributed by atoms with van der Waals surface area (Å²) in [6, 6.07) is 0.321. The fourth-order valence-electron chi connectivity index (χ4n) is 1.48. The van der Waals surface area contributed by atoms with E-state index in [4.69, 9.17) is 10.5 Å². The third-order valence-corrected chi connectivity index (χ3v) is 2.31. The van der Waals surface area contributed by atoms with E-state index < -0.39 is 0 Å². The highest BCUT2D eigenvalue weighted by Crippen LogP contribution is 2.19. The molecule has 13 heavy (non-hydrogen) atoms. The van der Waals surface area contributed by atoms with Gasteiger partial charge in [0.25, 0.3) is 0 Å². The van der Waals surface area contributed by atoms with E-state index in [1.165, 1.54) is 0 Å². The normalized spacial score (nSPS) is 27.5. The van der Waals surface area contributed by atoms with Gasteiger partial charge in [-0.25, -0.2) is 0 Å². The predicted molar refractivity (Wildman–Crippen MR) is 53.9 cm³/mol. The monoisotopic (exact) mass is 207 g/mol. The van der Waals surface area contributed by atoms with E-state index >= 15 is 0 Å². The lowest BCUT2D eigenvalue weighted by Crippen LogP contribution is -2.31. The van der Waals surface area contributed by atoms with Crippen LogP contribution in [0.2, 0.25) is 0 Å². The molecule has 1 aliphatic carbocycles. The van der Waals surface area contributed by atoms with E-state index in [9.17, 15) is 4.79 Å². The summed E-state index contributed by atoms with van der Waals surface area (Å²) in [7, 11) is 0. The first kappa shape index (κ1) is 12.7. The molecule has 0 aromatic carbocycles. The van der Waals surface area contributed by atoms with Crippen molar-refractivity contribution in [1.82, 2.24) is 0 Å². The Balaban J connectivity index is 0.00000144. The van der Waals surface area contributed by atoms with Crippen LogP contribution in [-0.4, -0.2) is 18.1 Å². The SMILES string of the molecule is CCC(=O)OC1CCC(N)CC1.Cl. The predicted octanol–water partition coefficient (Wildman–Crippen LogP) is 1.63. The highest BCUT2D eigenvalue weighted by Gasteiger charge is 2.20. The molecule has 78 valence electrons. The van der Waals surface area contributed by atoms with Crippen molar-refractivity contribution >= 4 is 18.4 Å². The first-order valence-corrected chi connectivity index (χ1v) is 4.67. The van der Waals surface area contributed by atoms with Gasteiger partial charge in [0.2, 0.25) is 0 Å². The number of ether oxygens (including phenoxy) is 1. The highest BCUT2D eigenvalue weighted by atomic mass is 35.5. The second-order valence-electron chi connectivity index (χ2n) is 3.38. The van der Waals surface area contributed by atoms with Crippen LogP contribution >= 0.6 is 12.4 Å². The summed E-state index contributed by atoms with van der Waals surface area (Å²) in [5.41, 5.74) is 5.72. The average Bonchev–Trinajstić information content (AvgIpc) is 2.09. The minimum Gasteiger partial charge on any atom is -0.462 e. The first-order chi connectivity index (χ1) is 5.72. The van der Waals surface area contributed by atoms with Crippen molar-refractivity contribution in [2.45, 2.75) is 51.2 Å². The standard InChI is InChI=1S/C9H17NO2.ClH/c1-2-9(11)12-8-5-3-7(10)4-6-8;/h7-8H,2-6,10H2,1H3;1H. The second-order valence-corrected chi connectivity index (χ2v) is 3.38. The molecular formula is C9H18ClNO2. The highest BCUT2D eigenvalue weighted by molar-refractivity contribution is 5.85. The number of rotatable bonds is 2. The molecule has 4 heteroatoms. The van der Waals surface area contributed by atoms with Crippen molar-refractivity contribution < 1.29 is 9.53 Å². The molecule has 0 unspecified atom stereocenters. The lowest BCUT2D eigenvalue weighted by atomic mass is 9.94. The Kier molecular flexibility index (Phi) is 6.08. The smallest absolute Gasteiger partial charge is 0.305 e. The number of esters is 1. The Labute approximate surface area is 85.4 Å². The first-order valence-electron chi connectivity index (χ1n) is 4.67. The fraction of sp³-hybridized carbons (Fsp3) is 0.889. The molecule has 0 spiro atoms. The van der Waals surface area contributed by atoms with Gasteiger partial charge in [0.15, 0.2) is 0 Å². The Morgan fingerprint density at radius 3 is 2.38 bits per heavy atom. The lowest BCUT2D eigenvalue weighted by molar-refractivity contribution is -0.150. The summed E-state index contributed by atoms with van der Waals surface area (Å²) in [4.78, 5) is 10.9. The Morgan fingerprint density at radius 2 is 1.92 bits per heavy atom. The molecular weight excluding hydrogens is 190 g/mol. The van der Waals surface area contributed by atoms with Gasteiger partial charge in [-0.1, -0.05) is 6.92 Å². The van der Waals surface area contributed by atoms with Gasteiger partial charge < -0.3 is 10.5 Å². The Morgan fingerprint density at radius 1 is 1.38 bits per heavy atom. The summed E-state index contributed by atoms with van der Waals surface area (Å²) >= 11 is 0. The topological polar surface area (TPSA) is 52.3 Å². The van der Waals surface area contributed by atoms with Crippen LogP contribution in [0.25, 0.3) is 0 Å². The zero-order valence-electron chi connectivity index (χ0n) is 7.99. The molecule has 0 aromatic rings. The number of carbonyl (C=O) groups excluding carboxylic acids is 1. The molecule has 1 rings (SSSR count). The van der Waals surface area contributed by atoms with Crippen molar-refractivity contribution in [3.63, 3.8) is 0 Å². The minimum absolute atomic E-state index is 0. The molecule has 2 N–H and O–H groups in total. The zero-order chi connectivity index (χ0) is 8.97. The molecule has 1 saturated carbocycles. The van der Waals surface area contributed by atoms with Gasteiger partial charge in [-0.3, -0.25) is 4.79 Å².